The molecule has 3 nitrogen and oxygen atoms in total. The third kappa shape index (κ3) is 6.00. The van der Waals surface area contributed by atoms with Gasteiger partial charge in [0.1, 0.15) is 11.2 Å². The highest BCUT2D eigenvalue weighted by Crippen LogP contribution is 2.47. The summed E-state index contributed by atoms with van der Waals surface area (Å²) in [5.74, 6) is 0. The van der Waals surface area contributed by atoms with E-state index >= 15 is 0 Å². The van der Waals surface area contributed by atoms with Gasteiger partial charge in [-0.05, 0) is 94.0 Å². The van der Waals surface area contributed by atoms with Gasteiger partial charge in [0.05, 0.1) is 11.4 Å². The largest absolute Gasteiger partial charge is 0.455 e. The quantitative estimate of drug-likeness (QED) is 0.144. The molecule has 0 atom stereocenters. The first-order valence-electron chi connectivity index (χ1n) is 20.1. The van der Waals surface area contributed by atoms with Gasteiger partial charge >= 0.3 is 0 Å². The molecule has 0 amide bonds. The fourth-order valence-electron chi connectivity index (χ4n) is 8.78. The van der Waals surface area contributed by atoms with Gasteiger partial charge in [0.25, 0.3) is 0 Å². The Bertz CT molecular complexity index is 3270. The number of furan rings is 1. The van der Waals surface area contributed by atoms with Crippen LogP contribution in [0.4, 0.5) is 34.1 Å². The summed E-state index contributed by atoms with van der Waals surface area (Å²) in [6, 6.07) is 82.0. The molecule has 0 aliphatic rings. The molecule has 0 saturated heterocycles. The molecule has 0 radical (unpaired) electrons. The zero-order valence-electron chi connectivity index (χ0n) is 32.2. The number of anilines is 6. The van der Waals surface area contributed by atoms with E-state index in [4.69, 9.17) is 4.42 Å². The lowest BCUT2D eigenvalue weighted by atomic mass is 9.95. The summed E-state index contributed by atoms with van der Waals surface area (Å²) in [7, 11) is 0. The fraction of sp³-hybridized carbons (Fsp3) is 0. The maximum Gasteiger partial charge on any atom is 0.143 e. The van der Waals surface area contributed by atoms with Crippen LogP contribution < -0.4 is 9.80 Å². The third-order valence-corrected chi connectivity index (χ3v) is 11.4. The molecule has 0 aliphatic carbocycles. The van der Waals surface area contributed by atoms with Crippen LogP contribution in [0.25, 0.3) is 65.7 Å². The monoisotopic (exact) mass is 754 g/mol. The summed E-state index contributed by atoms with van der Waals surface area (Å²) in [6.07, 6.45) is 0. The average Bonchev–Trinajstić information content (AvgIpc) is 3.70. The summed E-state index contributed by atoms with van der Waals surface area (Å²) >= 11 is 0. The Hall–Kier alpha value is -7.88. The maximum absolute atomic E-state index is 7.06. The number of nitrogens with zero attached hydrogens (tertiary/aromatic N) is 2. The van der Waals surface area contributed by atoms with Gasteiger partial charge in [-0.25, -0.2) is 0 Å². The van der Waals surface area contributed by atoms with Crippen molar-refractivity contribution in [3.8, 4) is 22.3 Å². The first kappa shape index (κ1) is 34.4. The SMILES string of the molecule is c1ccc(-c2ccccc2N(c2ccccc2)c2ccc3c(c2)oc2c4ccc(N(c5ccccc5)c5ccccc5-c5ccccc5)cc4c4ccccc4c32)cc1. The lowest BCUT2D eigenvalue weighted by molar-refractivity contribution is 0.673. The lowest BCUT2D eigenvalue weighted by Gasteiger charge is -2.28. The second-order valence-electron chi connectivity index (χ2n) is 14.9. The van der Waals surface area contributed by atoms with Crippen molar-refractivity contribution in [1.29, 1.82) is 0 Å². The molecular formula is C56H38N2O. The summed E-state index contributed by atoms with van der Waals surface area (Å²) in [5.41, 5.74) is 12.9. The van der Waals surface area contributed by atoms with E-state index in [2.05, 4.69) is 240 Å². The van der Waals surface area contributed by atoms with Crippen molar-refractivity contribution < 1.29 is 4.42 Å². The van der Waals surface area contributed by atoms with Crippen LogP contribution in [-0.2, 0) is 0 Å². The molecule has 0 bridgehead atoms. The van der Waals surface area contributed by atoms with Crippen molar-refractivity contribution in [2.24, 2.45) is 0 Å². The second kappa shape index (κ2) is 14.6. The summed E-state index contributed by atoms with van der Waals surface area (Å²) in [5, 5.41) is 6.81. The highest BCUT2D eigenvalue weighted by molar-refractivity contribution is 6.30. The van der Waals surface area contributed by atoms with Gasteiger partial charge < -0.3 is 14.2 Å². The van der Waals surface area contributed by atoms with Crippen molar-refractivity contribution in [1.82, 2.24) is 0 Å². The van der Waals surface area contributed by atoms with Crippen molar-refractivity contribution in [3.63, 3.8) is 0 Å². The fourth-order valence-corrected chi connectivity index (χ4v) is 8.78. The van der Waals surface area contributed by atoms with E-state index in [0.717, 1.165) is 72.4 Å². The number of hydrogen-bond acceptors (Lipinski definition) is 3. The Labute approximate surface area is 343 Å². The number of hydrogen-bond donors (Lipinski definition) is 0. The molecule has 3 heteroatoms. The molecule has 11 rings (SSSR count). The molecular weight excluding hydrogens is 717 g/mol. The van der Waals surface area contributed by atoms with E-state index in [-0.39, 0.29) is 0 Å². The Morgan fingerprint density at radius 2 is 0.729 bits per heavy atom. The highest BCUT2D eigenvalue weighted by atomic mass is 16.3. The molecule has 0 spiro atoms. The standard InChI is InChI=1S/C56H38N2O/c1-5-19-39(20-6-1)45-27-15-17-31-52(45)57(41-23-9-3-10-24-41)43-33-35-49-51(37-43)47-29-13-14-30-48(47)55-50-36-34-44(38-54(50)59-56(49)55)58(42-25-11-4-12-26-42)53-32-18-16-28-46(53)40-21-7-2-8-22-40/h1-38H. The van der Waals surface area contributed by atoms with E-state index in [1.165, 1.54) is 27.5 Å². The molecule has 0 N–H and O–H groups in total. The van der Waals surface area contributed by atoms with Crippen molar-refractivity contribution >= 4 is 77.6 Å². The minimum Gasteiger partial charge on any atom is -0.455 e. The predicted octanol–water partition coefficient (Wildman–Crippen LogP) is 16.2. The van der Waals surface area contributed by atoms with Crippen LogP contribution in [0.1, 0.15) is 0 Å². The van der Waals surface area contributed by atoms with Gasteiger partial charge in [-0.3, -0.25) is 0 Å². The zero-order chi connectivity index (χ0) is 39.1. The van der Waals surface area contributed by atoms with Gasteiger partial charge in [-0.15, -0.1) is 0 Å². The Morgan fingerprint density at radius 1 is 0.288 bits per heavy atom. The Kier molecular flexibility index (Phi) is 8.49. The van der Waals surface area contributed by atoms with E-state index in [1.807, 2.05) is 0 Å². The molecule has 0 aliphatic heterocycles. The molecule has 1 aromatic heterocycles. The molecule has 0 saturated carbocycles. The molecule has 1 heterocycles. The normalized spacial score (nSPS) is 11.4. The van der Waals surface area contributed by atoms with Crippen LogP contribution in [0, 0.1) is 0 Å². The molecule has 10 aromatic carbocycles. The van der Waals surface area contributed by atoms with Crippen molar-refractivity contribution in [2.45, 2.75) is 0 Å². The van der Waals surface area contributed by atoms with E-state index in [0.29, 0.717) is 0 Å². The molecule has 0 unspecified atom stereocenters. The van der Waals surface area contributed by atoms with Crippen LogP contribution in [0.2, 0.25) is 0 Å². The van der Waals surface area contributed by atoms with Gasteiger partial charge in [0.2, 0.25) is 0 Å². The molecule has 59 heavy (non-hydrogen) atoms. The average molecular weight is 755 g/mol. The number of benzene rings is 10. The number of fused-ring (bicyclic) bond motifs is 8. The third-order valence-electron chi connectivity index (χ3n) is 11.4. The van der Waals surface area contributed by atoms with Crippen molar-refractivity contribution in [3.05, 3.63) is 231 Å². The Balaban J connectivity index is 1.12. The van der Waals surface area contributed by atoms with E-state index in [9.17, 15) is 0 Å². The topological polar surface area (TPSA) is 19.6 Å². The van der Waals surface area contributed by atoms with Crippen LogP contribution in [0.3, 0.4) is 0 Å². The summed E-state index contributed by atoms with van der Waals surface area (Å²) < 4.78 is 7.06. The van der Waals surface area contributed by atoms with Gasteiger partial charge in [0.15, 0.2) is 0 Å². The second-order valence-corrected chi connectivity index (χ2v) is 14.9. The first-order valence-corrected chi connectivity index (χ1v) is 20.1. The van der Waals surface area contributed by atoms with Crippen LogP contribution in [0.5, 0.6) is 0 Å². The van der Waals surface area contributed by atoms with Crippen LogP contribution in [-0.4, -0.2) is 0 Å². The van der Waals surface area contributed by atoms with Crippen LogP contribution >= 0.6 is 0 Å². The summed E-state index contributed by atoms with van der Waals surface area (Å²) in [6.45, 7) is 0. The van der Waals surface area contributed by atoms with Crippen molar-refractivity contribution in [2.75, 3.05) is 9.80 Å². The Morgan fingerprint density at radius 3 is 1.29 bits per heavy atom. The minimum absolute atomic E-state index is 0.847. The van der Waals surface area contributed by atoms with Gasteiger partial charge in [-0.1, -0.05) is 158 Å². The van der Waals surface area contributed by atoms with E-state index < -0.39 is 0 Å². The van der Waals surface area contributed by atoms with Gasteiger partial charge in [0, 0.05) is 56.1 Å². The summed E-state index contributed by atoms with van der Waals surface area (Å²) in [4.78, 5) is 4.71. The van der Waals surface area contributed by atoms with E-state index in [1.54, 1.807) is 0 Å². The minimum atomic E-state index is 0.847. The lowest BCUT2D eigenvalue weighted by Crippen LogP contribution is -2.11. The first-order chi connectivity index (χ1) is 29.3. The molecule has 11 aromatic rings. The number of rotatable bonds is 8. The highest BCUT2D eigenvalue weighted by Gasteiger charge is 2.22. The smallest absolute Gasteiger partial charge is 0.143 e. The zero-order valence-corrected chi connectivity index (χ0v) is 32.2. The number of para-hydroxylation sites is 4. The maximum atomic E-state index is 7.06. The van der Waals surface area contributed by atoms with Crippen LogP contribution in [0.15, 0.2) is 235 Å². The molecule has 278 valence electrons. The molecule has 0 fully saturated rings. The predicted molar refractivity (Wildman–Crippen MR) is 249 cm³/mol. The van der Waals surface area contributed by atoms with Gasteiger partial charge in [-0.2, -0.15) is 0 Å².